The molecule has 0 radical (unpaired) electrons. The largest absolute Gasteiger partial charge is 0.504 e. The second kappa shape index (κ2) is 10.2. The molecule has 7 heteroatoms. The Balaban J connectivity index is 1.40. The minimum atomic E-state index is -0.536. The summed E-state index contributed by atoms with van der Waals surface area (Å²) in [4.78, 5) is 24.5. The highest BCUT2D eigenvalue weighted by Crippen LogP contribution is 2.30. The number of benzene rings is 2. The first-order valence-electron chi connectivity index (χ1n) is 10.4. The Labute approximate surface area is 181 Å². The fourth-order valence-electron chi connectivity index (χ4n) is 3.76. The zero-order chi connectivity index (χ0) is 22.4. The molecule has 166 valence electrons. The van der Waals surface area contributed by atoms with Gasteiger partial charge in [0.15, 0.2) is 11.5 Å². The van der Waals surface area contributed by atoms with Crippen molar-refractivity contribution < 1.29 is 34.0 Å². The number of phenols is 2. The van der Waals surface area contributed by atoms with Gasteiger partial charge in [-0.05, 0) is 80.8 Å². The molecule has 0 atom stereocenters. The molecule has 0 heterocycles. The van der Waals surface area contributed by atoms with Gasteiger partial charge in [0.2, 0.25) is 0 Å². The first-order valence-corrected chi connectivity index (χ1v) is 10.4. The lowest BCUT2D eigenvalue weighted by molar-refractivity contribution is 0.0138. The van der Waals surface area contributed by atoms with Crippen LogP contribution in [0.25, 0.3) is 0 Å². The minimum absolute atomic E-state index is 0.112. The van der Waals surface area contributed by atoms with Gasteiger partial charge in [0.25, 0.3) is 0 Å². The highest BCUT2D eigenvalue weighted by atomic mass is 16.5. The van der Waals surface area contributed by atoms with Crippen LogP contribution in [0.3, 0.4) is 0 Å². The number of phenolic OH excluding ortho intramolecular Hbond substituents is 2. The Kier molecular flexibility index (Phi) is 7.39. The van der Waals surface area contributed by atoms with Crippen molar-refractivity contribution in [3.63, 3.8) is 0 Å². The van der Waals surface area contributed by atoms with Crippen molar-refractivity contribution in [2.45, 2.75) is 45.1 Å². The summed E-state index contributed by atoms with van der Waals surface area (Å²) < 4.78 is 16.2. The maximum atomic E-state index is 12.4. The predicted molar refractivity (Wildman–Crippen MR) is 114 cm³/mol. The van der Waals surface area contributed by atoms with Gasteiger partial charge in [-0.25, -0.2) is 9.59 Å². The molecule has 1 aliphatic rings. The Hall–Kier alpha value is -3.22. The van der Waals surface area contributed by atoms with E-state index in [-0.39, 0.29) is 35.7 Å². The van der Waals surface area contributed by atoms with Gasteiger partial charge >= 0.3 is 11.9 Å². The van der Waals surface area contributed by atoms with E-state index in [9.17, 15) is 19.8 Å². The van der Waals surface area contributed by atoms with Crippen molar-refractivity contribution in [1.29, 1.82) is 0 Å². The number of carbonyl (C=O) groups excluding carboxylic acids is 2. The molecular weight excluding hydrogens is 400 g/mol. The summed E-state index contributed by atoms with van der Waals surface area (Å²) in [6.45, 7) is 2.19. The SMILES string of the molecule is COc1cc(C(=O)OC2CCC(CCOC(=O)c3ccc(O)c(O)c3)CC2)ccc1C. The molecule has 0 saturated heterocycles. The first-order chi connectivity index (χ1) is 14.9. The quantitative estimate of drug-likeness (QED) is 0.498. The number of aryl methyl sites for hydroxylation is 1. The molecule has 2 N–H and O–H groups in total. The van der Waals surface area contributed by atoms with Crippen LogP contribution in [0.5, 0.6) is 17.2 Å². The topological polar surface area (TPSA) is 102 Å². The number of hydrogen-bond acceptors (Lipinski definition) is 7. The summed E-state index contributed by atoms with van der Waals surface area (Å²) in [5.41, 5.74) is 1.64. The van der Waals surface area contributed by atoms with Gasteiger partial charge in [-0.15, -0.1) is 0 Å². The molecule has 1 fully saturated rings. The minimum Gasteiger partial charge on any atom is -0.504 e. The third kappa shape index (κ3) is 5.90. The zero-order valence-electron chi connectivity index (χ0n) is 17.8. The summed E-state index contributed by atoms with van der Waals surface area (Å²) in [5, 5.41) is 18.8. The Bertz CT molecular complexity index is 930. The fourth-order valence-corrected chi connectivity index (χ4v) is 3.76. The van der Waals surface area contributed by atoms with Gasteiger partial charge in [0.05, 0.1) is 24.8 Å². The molecular formula is C24H28O7. The van der Waals surface area contributed by atoms with Crippen LogP contribution >= 0.6 is 0 Å². The van der Waals surface area contributed by atoms with Gasteiger partial charge in [-0.3, -0.25) is 0 Å². The lowest BCUT2D eigenvalue weighted by Crippen LogP contribution is -2.25. The molecule has 0 aromatic heterocycles. The van der Waals surface area contributed by atoms with E-state index in [0.717, 1.165) is 37.7 Å². The van der Waals surface area contributed by atoms with Gasteiger partial charge in [-0.2, -0.15) is 0 Å². The number of methoxy groups -OCH3 is 1. The van der Waals surface area contributed by atoms with E-state index < -0.39 is 5.97 Å². The number of aromatic hydroxyl groups is 2. The van der Waals surface area contributed by atoms with Crippen molar-refractivity contribution in [3.8, 4) is 17.2 Å². The Morgan fingerprint density at radius 1 is 0.935 bits per heavy atom. The molecule has 3 rings (SSSR count). The van der Waals surface area contributed by atoms with Crippen molar-refractivity contribution in [1.82, 2.24) is 0 Å². The third-order valence-electron chi connectivity index (χ3n) is 5.68. The summed E-state index contributed by atoms with van der Waals surface area (Å²) in [5.74, 6) is -0.452. The molecule has 0 unspecified atom stereocenters. The van der Waals surface area contributed by atoms with Gasteiger partial charge < -0.3 is 24.4 Å². The molecule has 1 saturated carbocycles. The number of ether oxygens (including phenoxy) is 3. The normalized spacial score (nSPS) is 18.3. The van der Waals surface area contributed by atoms with Gasteiger partial charge in [0.1, 0.15) is 11.9 Å². The highest BCUT2D eigenvalue weighted by Gasteiger charge is 2.25. The molecule has 0 spiro atoms. The monoisotopic (exact) mass is 428 g/mol. The van der Waals surface area contributed by atoms with E-state index in [1.165, 1.54) is 18.2 Å². The van der Waals surface area contributed by atoms with Crippen LogP contribution in [-0.2, 0) is 9.47 Å². The lowest BCUT2D eigenvalue weighted by atomic mass is 9.85. The number of esters is 2. The molecule has 0 bridgehead atoms. The molecule has 7 nitrogen and oxygen atoms in total. The van der Waals surface area contributed by atoms with Crippen LogP contribution in [0.1, 0.15) is 58.4 Å². The maximum Gasteiger partial charge on any atom is 0.338 e. The molecule has 31 heavy (non-hydrogen) atoms. The smallest absolute Gasteiger partial charge is 0.338 e. The first kappa shape index (κ1) is 22.5. The van der Waals surface area contributed by atoms with Crippen LogP contribution in [0.15, 0.2) is 36.4 Å². The van der Waals surface area contributed by atoms with E-state index >= 15 is 0 Å². The van der Waals surface area contributed by atoms with Crippen LogP contribution in [-0.4, -0.2) is 42.0 Å². The van der Waals surface area contributed by atoms with E-state index in [0.29, 0.717) is 17.2 Å². The second-order valence-electron chi connectivity index (χ2n) is 7.86. The van der Waals surface area contributed by atoms with Gasteiger partial charge in [0, 0.05) is 0 Å². The summed E-state index contributed by atoms with van der Waals surface area (Å²) in [6.07, 6.45) is 3.96. The highest BCUT2D eigenvalue weighted by molar-refractivity contribution is 5.90. The molecule has 0 amide bonds. The third-order valence-corrected chi connectivity index (χ3v) is 5.68. The summed E-state index contributed by atoms with van der Waals surface area (Å²) >= 11 is 0. The average Bonchev–Trinajstić information content (AvgIpc) is 2.77. The van der Waals surface area contributed by atoms with Crippen LogP contribution in [0.2, 0.25) is 0 Å². The number of rotatable bonds is 7. The number of hydrogen-bond donors (Lipinski definition) is 2. The Morgan fingerprint density at radius 2 is 1.61 bits per heavy atom. The summed E-state index contributed by atoms with van der Waals surface area (Å²) in [6, 6.07) is 9.12. The predicted octanol–water partition coefficient (Wildman–Crippen LogP) is 4.38. The van der Waals surface area contributed by atoms with E-state index in [2.05, 4.69) is 0 Å². The second-order valence-corrected chi connectivity index (χ2v) is 7.86. The molecule has 0 aliphatic heterocycles. The average molecular weight is 428 g/mol. The van der Waals surface area contributed by atoms with Crippen LogP contribution < -0.4 is 4.74 Å². The number of carbonyl (C=O) groups is 2. The lowest BCUT2D eigenvalue weighted by Gasteiger charge is -2.28. The Morgan fingerprint density at radius 3 is 2.29 bits per heavy atom. The molecule has 2 aromatic rings. The summed E-state index contributed by atoms with van der Waals surface area (Å²) in [7, 11) is 1.57. The van der Waals surface area contributed by atoms with Crippen molar-refractivity contribution in [2.24, 2.45) is 5.92 Å². The van der Waals surface area contributed by atoms with Crippen molar-refractivity contribution in [2.75, 3.05) is 13.7 Å². The maximum absolute atomic E-state index is 12.4. The molecule has 2 aromatic carbocycles. The van der Waals surface area contributed by atoms with E-state index in [4.69, 9.17) is 14.2 Å². The van der Waals surface area contributed by atoms with Gasteiger partial charge in [-0.1, -0.05) is 6.07 Å². The van der Waals surface area contributed by atoms with Crippen molar-refractivity contribution in [3.05, 3.63) is 53.1 Å². The zero-order valence-corrected chi connectivity index (χ0v) is 17.8. The van der Waals surface area contributed by atoms with Crippen LogP contribution in [0, 0.1) is 12.8 Å². The van der Waals surface area contributed by atoms with Crippen LogP contribution in [0.4, 0.5) is 0 Å². The molecule has 1 aliphatic carbocycles. The van der Waals surface area contributed by atoms with E-state index in [1.54, 1.807) is 19.2 Å². The standard InChI is InChI=1S/C24H28O7/c1-15-3-6-18(14-22(15)29-2)24(28)31-19-8-4-16(5-9-19)11-12-30-23(27)17-7-10-20(25)21(26)13-17/h3,6-7,10,13-14,16,19,25-26H,4-5,8-9,11-12H2,1-2H3. The fraction of sp³-hybridized carbons (Fsp3) is 0.417. The van der Waals surface area contributed by atoms with E-state index in [1.807, 2.05) is 13.0 Å². The van der Waals surface area contributed by atoms with Crippen molar-refractivity contribution >= 4 is 11.9 Å².